The summed E-state index contributed by atoms with van der Waals surface area (Å²) in [6.07, 6.45) is 1.88. The molecule has 0 amide bonds. The second-order valence-corrected chi connectivity index (χ2v) is 4.24. The summed E-state index contributed by atoms with van der Waals surface area (Å²) < 4.78 is 7.16. The van der Waals surface area contributed by atoms with Crippen molar-refractivity contribution in [3.63, 3.8) is 0 Å². The van der Waals surface area contributed by atoms with Gasteiger partial charge in [-0.3, -0.25) is 9.48 Å². The van der Waals surface area contributed by atoms with Crippen LogP contribution in [0.1, 0.15) is 26.5 Å². The number of aromatic nitrogens is 2. The molecule has 0 radical (unpaired) electrons. The number of Topliss-reactive ketones (excluding diaryl/α,β-unsaturated/α-hetero) is 1. The van der Waals surface area contributed by atoms with E-state index in [9.17, 15) is 4.79 Å². The number of ether oxygens (including phenoxy) is 1. The Morgan fingerprint density at radius 1 is 1.56 bits per heavy atom. The Bertz CT molecular complexity index is 345. The van der Waals surface area contributed by atoms with Gasteiger partial charge in [0.25, 0.3) is 0 Å². The maximum Gasteiger partial charge on any atom is 0.167 e. The van der Waals surface area contributed by atoms with Crippen LogP contribution in [0.4, 0.5) is 0 Å². The summed E-state index contributed by atoms with van der Waals surface area (Å²) in [5.41, 5.74) is 0.804. The Balaban J connectivity index is 2.61. The zero-order valence-corrected chi connectivity index (χ0v) is 10.4. The van der Waals surface area contributed by atoms with Gasteiger partial charge in [-0.25, -0.2) is 0 Å². The molecule has 1 atom stereocenters. The fourth-order valence-electron chi connectivity index (χ4n) is 1.67. The first-order chi connectivity index (χ1) is 7.54. The molecular weight excluding hydrogens is 204 g/mol. The third-order valence-electron chi connectivity index (χ3n) is 2.39. The molecule has 4 heteroatoms. The zero-order chi connectivity index (χ0) is 12.1. The molecule has 4 nitrogen and oxygen atoms in total. The van der Waals surface area contributed by atoms with Crippen molar-refractivity contribution in [3.8, 4) is 0 Å². The normalized spacial score (nSPS) is 13.1. The first-order valence-corrected chi connectivity index (χ1v) is 5.67. The molecule has 0 saturated carbocycles. The lowest BCUT2D eigenvalue weighted by Gasteiger charge is -2.18. The van der Waals surface area contributed by atoms with Crippen molar-refractivity contribution < 1.29 is 9.53 Å². The van der Waals surface area contributed by atoms with E-state index in [1.54, 1.807) is 4.68 Å². The van der Waals surface area contributed by atoms with Crippen LogP contribution in [0.5, 0.6) is 0 Å². The third kappa shape index (κ3) is 3.45. The second kappa shape index (κ2) is 5.80. The van der Waals surface area contributed by atoms with Crippen molar-refractivity contribution in [2.75, 3.05) is 6.61 Å². The molecule has 1 unspecified atom stereocenters. The van der Waals surface area contributed by atoms with Gasteiger partial charge < -0.3 is 4.74 Å². The highest BCUT2D eigenvalue weighted by molar-refractivity contribution is 5.85. The second-order valence-electron chi connectivity index (χ2n) is 4.24. The van der Waals surface area contributed by atoms with E-state index in [1.807, 2.05) is 40.1 Å². The summed E-state index contributed by atoms with van der Waals surface area (Å²) in [6.45, 7) is 6.47. The van der Waals surface area contributed by atoms with E-state index < -0.39 is 0 Å². The van der Waals surface area contributed by atoms with Crippen molar-refractivity contribution in [1.82, 2.24) is 9.78 Å². The quantitative estimate of drug-likeness (QED) is 0.737. The standard InChI is InChI=1S/C12H20N2O2/c1-5-16-12(9(2)3)11(15)8-10-6-7-14(4)13-10/h6-7,9,12H,5,8H2,1-4H3. The lowest BCUT2D eigenvalue weighted by atomic mass is 10.00. The molecule has 0 fully saturated rings. The van der Waals surface area contributed by atoms with Crippen molar-refractivity contribution in [2.45, 2.75) is 33.3 Å². The van der Waals surface area contributed by atoms with Crippen molar-refractivity contribution in [1.29, 1.82) is 0 Å². The summed E-state index contributed by atoms with van der Waals surface area (Å²) in [4.78, 5) is 12.0. The van der Waals surface area contributed by atoms with Gasteiger partial charge in [-0.05, 0) is 18.9 Å². The summed E-state index contributed by atoms with van der Waals surface area (Å²) in [5, 5.41) is 4.19. The van der Waals surface area contributed by atoms with E-state index in [1.165, 1.54) is 0 Å². The molecule has 16 heavy (non-hydrogen) atoms. The SMILES string of the molecule is CCOC(C(=O)Cc1ccn(C)n1)C(C)C. The maximum atomic E-state index is 12.0. The third-order valence-corrected chi connectivity index (χ3v) is 2.39. The number of carbonyl (C=O) groups excluding carboxylic acids is 1. The van der Waals surface area contributed by atoms with Gasteiger partial charge in [0.05, 0.1) is 12.1 Å². The fourth-order valence-corrected chi connectivity index (χ4v) is 1.67. The molecule has 0 N–H and O–H groups in total. The highest BCUT2D eigenvalue weighted by Gasteiger charge is 2.22. The number of aryl methyl sites for hydroxylation is 1. The topological polar surface area (TPSA) is 44.1 Å². The van der Waals surface area contributed by atoms with Crippen LogP contribution in [-0.4, -0.2) is 28.3 Å². The van der Waals surface area contributed by atoms with Gasteiger partial charge in [0.2, 0.25) is 0 Å². The van der Waals surface area contributed by atoms with Crippen LogP contribution < -0.4 is 0 Å². The average Bonchev–Trinajstić information content (AvgIpc) is 2.59. The molecule has 0 bridgehead atoms. The summed E-state index contributed by atoms with van der Waals surface area (Å²) in [7, 11) is 1.84. The first kappa shape index (κ1) is 12.9. The van der Waals surface area contributed by atoms with E-state index in [4.69, 9.17) is 4.74 Å². The Morgan fingerprint density at radius 2 is 2.25 bits per heavy atom. The van der Waals surface area contributed by atoms with Gasteiger partial charge in [0, 0.05) is 19.9 Å². The zero-order valence-electron chi connectivity index (χ0n) is 10.4. The van der Waals surface area contributed by atoms with E-state index in [2.05, 4.69) is 5.10 Å². The molecule has 1 heterocycles. The lowest BCUT2D eigenvalue weighted by Crippen LogP contribution is -2.31. The highest BCUT2D eigenvalue weighted by atomic mass is 16.5. The Kier molecular flexibility index (Phi) is 4.68. The summed E-state index contributed by atoms with van der Waals surface area (Å²) in [5.74, 6) is 0.312. The Hall–Kier alpha value is -1.16. The van der Waals surface area contributed by atoms with E-state index in [0.717, 1.165) is 5.69 Å². The molecular formula is C12H20N2O2. The van der Waals surface area contributed by atoms with Crippen molar-refractivity contribution >= 4 is 5.78 Å². The van der Waals surface area contributed by atoms with E-state index in [-0.39, 0.29) is 17.8 Å². The number of hydrogen-bond acceptors (Lipinski definition) is 3. The molecule has 0 aliphatic rings. The lowest BCUT2D eigenvalue weighted by molar-refractivity contribution is -0.132. The maximum absolute atomic E-state index is 12.0. The van der Waals surface area contributed by atoms with Gasteiger partial charge in [0.1, 0.15) is 6.10 Å². The van der Waals surface area contributed by atoms with Crippen molar-refractivity contribution in [2.24, 2.45) is 13.0 Å². The number of rotatable bonds is 6. The average molecular weight is 224 g/mol. The molecule has 0 spiro atoms. The molecule has 0 saturated heterocycles. The Labute approximate surface area is 96.6 Å². The van der Waals surface area contributed by atoms with Gasteiger partial charge in [-0.2, -0.15) is 5.10 Å². The minimum absolute atomic E-state index is 0.107. The van der Waals surface area contributed by atoms with Crippen LogP contribution in [-0.2, 0) is 23.0 Å². The van der Waals surface area contributed by atoms with E-state index in [0.29, 0.717) is 13.0 Å². The molecule has 90 valence electrons. The van der Waals surface area contributed by atoms with E-state index >= 15 is 0 Å². The largest absolute Gasteiger partial charge is 0.370 e. The van der Waals surface area contributed by atoms with Crippen LogP contribution in [0.15, 0.2) is 12.3 Å². The van der Waals surface area contributed by atoms with Gasteiger partial charge in [-0.15, -0.1) is 0 Å². The van der Waals surface area contributed by atoms with Crippen LogP contribution in [0.3, 0.4) is 0 Å². The van der Waals surface area contributed by atoms with Crippen LogP contribution in [0.2, 0.25) is 0 Å². The van der Waals surface area contributed by atoms with Crippen LogP contribution in [0, 0.1) is 5.92 Å². The molecule has 0 aromatic carbocycles. The van der Waals surface area contributed by atoms with Gasteiger partial charge >= 0.3 is 0 Å². The molecule has 0 aliphatic carbocycles. The number of carbonyl (C=O) groups is 1. The smallest absolute Gasteiger partial charge is 0.167 e. The molecule has 1 aromatic rings. The van der Waals surface area contributed by atoms with Gasteiger partial charge in [-0.1, -0.05) is 13.8 Å². The number of nitrogens with zero attached hydrogens (tertiary/aromatic N) is 2. The first-order valence-electron chi connectivity index (χ1n) is 5.67. The minimum Gasteiger partial charge on any atom is -0.370 e. The van der Waals surface area contributed by atoms with Crippen LogP contribution >= 0.6 is 0 Å². The molecule has 1 aromatic heterocycles. The predicted molar refractivity (Wildman–Crippen MR) is 62.2 cm³/mol. The van der Waals surface area contributed by atoms with Gasteiger partial charge in [0.15, 0.2) is 5.78 Å². The number of hydrogen-bond donors (Lipinski definition) is 0. The minimum atomic E-state index is -0.313. The summed E-state index contributed by atoms with van der Waals surface area (Å²) in [6, 6.07) is 1.86. The monoisotopic (exact) mass is 224 g/mol. The van der Waals surface area contributed by atoms with Crippen LogP contribution in [0.25, 0.3) is 0 Å². The fraction of sp³-hybridized carbons (Fsp3) is 0.667. The summed E-state index contributed by atoms with van der Waals surface area (Å²) >= 11 is 0. The van der Waals surface area contributed by atoms with Crippen molar-refractivity contribution in [3.05, 3.63) is 18.0 Å². The highest BCUT2D eigenvalue weighted by Crippen LogP contribution is 2.10. The molecule has 0 aliphatic heterocycles. The number of ketones is 1. The predicted octanol–water partition coefficient (Wildman–Crippen LogP) is 1.59. The molecule has 1 rings (SSSR count). The Morgan fingerprint density at radius 3 is 2.69 bits per heavy atom.